The second-order valence-corrected chi connectivity index (χ2v) is 8.88. The summed E-state index contributed by atoms with van der Waals surface area (Å²) in [7, 11) is 0. The van der Waals surface area contributed by atoms with Crippen LogP contribution in [-0.4, -0.2) is 6.21 Å². The van der Waals surface area contributed by atoms with E-state index >= 15 is 0 Å². The van der Waals surface area contributed by atoms with Gasteiger partial charge in [0.1, 0.15) is 0 Å². The molecule has 3 heteroatoms. The second kappa shape index (κ2) is 8.13. The lowest BCUT2D eigenvalue weighted by atomic mass is 9.48. The maximum absolute atomic E-state index is 4.67. The Morgan fingerprint density at radius 2 is 1.36 bits per heavy atom. The summed E-state index contributed by atoms with van der Waals surface area (Å²) in [6, 6.07) is 20.9. The van der Waals surface area contributed by atoms with Gasteiger partial charge in [-0.2, -0.15) is 0 Å². The van der Waals surface area contributed by atoms with E-state index in [0.29, 0.717) is 5.41 Å². The van der Waals surface area contributed by atoms with Gasteiger partial charge >= 0.3 is 0 Å². The molecule has 146 valence electrons. The Morgan fingerprint density at radius 3 is 1.93 bits per heavy atom. The highest BCUT2D eigenvalue weighted by molar-refractivity contribution is 5.85. The molecular formula is C25H29ClN2. The fourth-order valence-electron chi connectivity index (χ4n) is 6.18. The van der Waals surface area contributed by atoms with Crippen LogP contribution in [0.1, 0.15) is 38.5 Å². The van der Waals surface area contributed by atoms with E-state index in [1.165, 1.54) is 49.9 Å². The average molecular weight is 393 g/mol. The zero-order valence-electron chi connectivity index (χ0n) is 16.3. The van der Waals surface area contributed by atoms with E-state index in [2.05, 4.69) is 58.8 Å². The third-order valence-corrected chi connectivity index (χ3v) is 6.88. The number of benzene rings is 2. The van der Waals surface area contributed by atoms with Gasteiger partial charge in [-0.1, -0.05) is 36.4 Å². The zero-order valence-corrected chi connectivity index (χ0v) is 17.1. The number of hydrogen-bond acceptors (Lipinski definition) is 2. The van der Waals surface area contributed by atoms with E-state index in [-0.39, 0.29) is 12.4 Å². The van der Waals surface area contributed by atoms with Crippen LogP contribution in [-0.2, 0) is 0 Å². The number of allylic oxidation sites excluding steroid dienone is 2. The highest BCUT2D eigenvalue weighted by atomic mass is 35.5. The molecule has 4 bridgehead atoms. The van der Waals surface area contributed by atoms with Gasteiger partial charge < -0.3 is 5.32 Å². The number of para-hydroxylation sites is 2. The molecule has 28 heavy (non-hydrogen) atoms. The summed E-state index contributed by atoms with van der Waals surface area (Å²) in [6.07, 6.45) is 12.7. The number of anilines is 1. The lowest BCUT2D eigenvalue weighted by Gasteiger charge is -2.57. The van der Waals surface area contributed by atoms with E-state index in [9.17, 15) is 0 Å². The topological polar surface area (TPSA) is 24.4 Å². The van der Waals surface area contributed by atoms with Crippen molar-refractivity contribution in [1.29, 1.82) is 0 Å². The standard InChI is InChI=1S/C25H28N2.ClH/c1-3-7-22(8-4-1)26-12-11-24(27-23-9-5-2-6-10-23)25-16-19-13-20(17-25)15-21(14-19)18-25;/h1-12,19-21,27H,13-18H2;1H/b24-11-,26-12?;. The van der Waals surface area contributed by atoms with Crippen LogP contribution in [0.25, 0.3) is 0 Å². The summed E-state index contributed by atoms with van der Waals surface area (Å²) >= 11 is 0. The van der Waals surface area contributed by atoms with E-state index in [4.69, 9.17) is 0 Å². The van der Waals surface area contributed by atoms with Gasteiger partial charge in [0.25, 0.3) is 0 Å². The predicted octanol–water partition coefficient (Wildman–Crippen LogP) is 7.02. The summed E-state index contributed by atoms with van der Waals surface area (Å²) in [5, 5.41) is 3.79. The molecule has 0 radical (unpaired) electrons. The molecule has 4 aliphatic carbocycles. The first-order chi connectivity index (χ1) is 13.3. The highest BCUT2D eigenvalue weighted by Crippen LogP contribution is 2.62. The van der Waals surface area contributed by atoms with Crippen molar-refractivity contribution < 1.29 is 0 Å². The van der Waals surface area contributed by atoms with Crippen molar-refractivity contribution >= 4 is 30.0 Å². The molecule has 0 spiro atoms. The molecule has 0 unspecified atom stereocenters. The van der Waals surface area contributed by atoms with Gasteiger partial charge in [-0.15, -0.1) is 12.4 Å². The smallest absolute Gasteiger partial charge is 0.0629 e. The molecule has 1 N–H and O–H groups in total. The number of hydrogen-bond donors (Lipinski definition) is 1. The first kappa shape index (κ1) is 19.3. The van der Waals surface area contributed by atoms with Gasteiger partial charge in [0.15, 0.2) is 0 Å². The lowest BCUT2D eigenvalue weighted by molar-refractivity contribution is -0.0296. The van der Waals surface area contributed by atoms with E-state index in [1.54, 1.807) is 0 Å². The Balaban J connectivity index is 0.00000192. The molecule has 2 nitrogen and oxygen atoms in total. The van der Waals surface area contributed by atoms with Crippen LogP contribution in [0, 0.1) is 23.2 Å². The highest BCUT2D eigenvalue weighted by Gasteiger charge is 2.52. The van der Waals surface area contributed by atoms with Crippen molar-refractivity contribution in [2.75, 3.05) is 5.32 Å². The summed E-state index contributed by atoms with van der Waals surface area (Å²) < 4.78 is 0. The maximum Gasteiger partial charge on any atom is 0.0629 e. The molecule has 0 aromatic heterocycles. The molecule has 2 aromatic carbocycles. The molecule has 0 aliphatic heterocycles. The second-order valence-electron chi connectivity index (χ2n) is 8.88. The van der Waals surface area contributed by atoms with Crippen molar-refractivity contribution in [2.45, 2.75) is 38.5 Å². The Kier molecular flexibility index (Phi) is 5.59. The predicted molar refractivity (Wildman–Crippen MR) is 121 cm³/mol. The van der Waals surface area contributed by atoms with E-state index in [0.717, 1.165) is 23.4 Å². The number of rotatable bonds is 5. The van der Waals surface area contributed by atoms with Crippen molar-refractivity contribution in [3.63, 3.8) is 0 Å². The molecule has 4 fully saturated rings. The fourth-order valence-corrected chi connectivity index (χ4v) is 6.18. The normalized spacial score (nSPS) is 31.0. The van der Waals surface area contributed by atoms with Crippen LogP contribution in [0.4, 0.5) is 11.4 Å². The minimum absolute atomic E-state index is 0. The van der Waals surface area contributed by atoms with Gasteiger partial charge in [0, 0.05) is 23.0 Å². The lowest BCUT2D eigenvalue weighted by Crippen LogP contribution is -2.48. The number of aliphatic imine (C=N–C) groups is 1. The van der Waals surface area contributed by atoms with Crippen molar-refractivity contribution in [1.82, 2.24) is 0 Å². The SMILES string of the molecule is C(/C=C(\Nc1ccccc1)C12CC3CC(CC(C3)C1)C2)=Nc1ccccc1.Cl. The number of nitrogens with one attached hydrogen (secondary N) is 1. The van der Waals surface area contributed by atoms with E-state index < -0.39 is 0 Å². The molecule has 0 saturated heterocycles. The molecule has 4 saturated carbocycles. The van der Waals surface area contributed by atoms with Gasteiger partial charge in [-0.3, -0.25) is 4.99 Å². The Morgan fingerprint density at radius 1 is 0.821 bits per heavy atom. The van der Waals surface area contributed by atoms with Crippen LogP contribution >= 0.6 is 12.4 Å². The Bertz CT molecular complexity index is 806. The van der Waals surface area contributed by atoms with Crippen LogP contribution < -0.4 is 5.32 Å². The number of nitrogens with zero attached hydrogens (tertiary/aromatic N) is 1. The van der Waals surface area contributed by atoms with Gasteiger partial charge in [-0.25, -0.2) is 0 Å². The summed E-state index contributed by atoms with van der Waals surface area (Å²) in [4.78, 5) is 4.67. The quantitative estimate of drug-likeness (QED) is 0.543. The average Bonchev–Trinajstić information content (AvgIpc) is 2.68. The van der Waals surface area contributed by atoms with Crippen LogP contribution in [0.5, 0.6) is 0 Å². The first-order valence-electron chi connectivity index (χ1n) is 10.4. The van der Waals surface area contributed by atoms with Crippen LogP contribution in [0.3, 0.4) is 0 Å². The van der Waals surface area contributed by atoms with Gasteiger partial charge in [0.2, 0.25) is 0 Å². The van der Waals surface area contributed by atoms with E-state index in [1.807, 2.05) is 24.4 Å². The Hall–Kier alpha value is -2.06. The van der Waals surface area contributed by atoms with Crippen LogP contribution in [0.15, 0.2) is 77.4 Å². The van der Waals surface area contributed by atoms with Gasteiger partial charge in [0.05, 0.1) is 5.69 Å². The van der Waals surface area contributed by atoms with Crippen molar-refractivity contribution in [2.24, 2.45) is 28.2 Å². The monoisotopic (exact) mass is 392 g/mol. The fraction of sp³-hybridized carbons (Fsp3) is 0.400. The maximum atomic E-state index is 4.67. The minimum Gasteiger partial charge on any atom is -0.358 e. The third kappa shape index (κ3) is 3.89. The largest absolute Gasteiger partial charge is 0.358 e. The Labute approximate surface area is 174 Å². The first-order valence-corrected chi connectivity index (χ1v) is 10.4. The molecule has 0 amide bonds. The zero-order chi connectivity index (χ0) is 18.1. The summed E-state index contributed by atoms with van der Waals surface area (Å²) in [6.45, 7) is 0. The van der Waals surface area contributed by atoms with Gasteiger partial charge in [-0.05, 0) is 86.6 Å². The molecular weight excluding hydrogens is 364 g/mol. The summed E-state index contributed by atoms with van der Waals surface area (Å²) in [5.41, 5.74) is 3.91. The number of halogens is 1. The molecule has 4 aliphatic rings. The molecule has 0 heterocycles. The van der Waals surface area contributed by atoms with Crippen molar-refractivity contribution in [3.05, 3.63) is 72.4 Å². The minimum atomic E-state index is 0. The summed E-state index contributed by atoms with van der Waals surface area (Å²) in [5.74, 6) is 2.80. The molecule has 0 atom stereocenters. The molecule has 6 rings (SSSR count). The molecule has 2 aromatic rings. The third-order valence-electron chi connectivity index (χ3n) is 6.88. The van der Waals surface area contributed by atoms with Crippen molar-refractivity contribution in [3.8, 4) is 0 Å². The van der Waals surface area contributed by atoms with Crippen LogP contribution in [0.2, 0.25) is 0 Å².